The van der Waals surface area contributed by atoms with Crippen molar-refractivity contribution in [2.75, 3.05) is 5.32 Å². The lowest BCUT2D eigenvalue weighted by Gasteiger charge is -2.10. The van der Waals surface area contributed by atoms with Crippen molar-refractivity contribution < 1.29 is 13.2 Å². The maximum atomic E-state index is 12.4. The van der Waals surface area contributed by atoms with E-state index in [4.69, 9.17) is 0 Å². The molecule has 0 bridgehead atoms. The lowest BCUT2D eigenvalue weighted by Crippen LogP contribution is -2.09. The van der Waals surface area contributed by atoms with Gasteiger partial charge in [0.2, 0.25) is 11.0 Å². The molecule has 0 radical (unpaired) electrons. The summed E-state index contributed by atoms with van der Waals surface area (Å²) < 4.78 is 40.4. The smallest absolute Gasteiger partial charge is 0.353 e. The molecule has 0 saturated carbocycles. The predicted octanol–water partition coefficient (Wildman–Crippen LogP) is 3.80. The van der Waals surface area contributed by atoms with Crippen molar-refractivity contribution >= 4 is 28.0 Å². The highest BCUT2D eigenvalue weighted by Crippen LogP contribution is 2.31. The zero-order valence-electron chi connectivity index (χ0n) is 10.4. The number of nitrogens with one attached hydrogen (secondary N) is 1. The van der Waals surface area contributed by atoms with Crippen LogP contribution in [0.25, 0.3) is 0 Å². The van der Waals surface area contributed by atoms with Crippen molar-refractivity contribution in [3.63, 3.8) is 0 Å². The summed E-state index contributed by atoms with van der Waals surface area (Å²) in [6.07, 6.45) is -4.50. The molecule has 2 aromatic heterocycles. The predicted molar refractivity (Wildman–Crippen MR) is 68.5 cm³/mol. The van der Waals surface area contributed by atoms with Crippen molar-refractivity contribution in [3.8, 4) is 0 Å². The second kappa shape index (κ2) is 5.04. The standard InChI is InChI=1S/C10H11F3N4S2/c1-4-7(18-6(3)14-4)5(2)15-9-16-8(17-19-9)10(11,12)13/h5H,1-3H3,(H,15,16,17). The van der Waals surface area contributed by atoms with Gasteiger partial charge in [0.05, 0.1) is 16.7 Å². The van der Waals surface area contributed by atoms with Crippen molar-refractivity contribution in [3.05, 3.63) is 21.4 Å². The maximum Gasteiger partial charge on any atom is 0.452 e. The minimum Gasteiger partial charge on any atom is -0.353 e. The van der Waals surface area contributed by atoms with Gasteiger partial charge in [-0.1, -0.05) is 0 Å². The van der Waals surface area contributed by atoms with Gasteiger partial charge in [0, 0.05) is 16.4 Å². The Kier molecular flexibility index (Phi) is 3.77. The first-order chi connectivity index (χ1) is 8.77. The number of nitrogens with zero attached hydrogens (tertiary/aromatic N) is 3. The van der Waals surface area contributed by atoms with Crippen LogP contribution in [-0.2, 0) is 6.18 Å². The van der Waals surface area contributed by atoms with E-state index in [2.05, 4.69) is 19.7 Å². The minimum absolute atomic E-state index is 0.153. The van der Waals surface area contributed by atoms with Gasteiger partial charge in [-0.15, -0.1) is 11.3 Å². The molecule has 0 aromatic carbocycles. The highest BCUT2D eigenvalue weighted by atomic mass is 32.1. The van der Waals surface area contributed by atoms with Gasteiger partial charge < -0.3 is 5.32 Å². The Morgan fingerprint density at radius 2 is 1.89 bits per heavy atom. The van der Waals surface area contributed by atoms with Crippen molar-refractivity contribution in [1.82, 2.24) is 14.3 Å². The second-order valence-corrected chi connectivity index (χ2v) is 5.96. The van der Waals surface area contributed by atoms with Crippen LogP contribution < -0.4 is 5.32 Å². The molecule has 0 aliphatic heterocycles. The minimum atomic E-state index is -4.50. The lowest BCUT2D eigenvalue weighted by atomic mass is 10.2. The van der Waals surface area contributed by atoms with E-state index in [0.717, 1.165) is 15.6 Å². The SMILES string of the molecule is Cc1nc(C)c(C(C)Nc2nc(C(F)(F)F)ns2)s1. The second-order valence-electron chi connectivity index (χ2n) is 3.97. The first-order valence-electron chi connectivity index (χ1n) is 5.38. The van der Waals surface area contributed by atoms with Crippen LogP contribution in [0.15, 0.2) is 0 Å². The molecule has 0 aliphatic carbocycles. The van der Waals surface area contributed by atoms with E-state index in [1.807, 2.05) is 20.8 Å². The number of alkyl halides is 3. The lowest BCUT2D eigenvalue weighted by molar-refractivity contribution is -0.144. The topological polar surface area (TPSA) is 50.7 Å². The monoisotopic (exact) mass is 308 g/mol. The number of aryl methyl sites for hydroxylation is 2. The average molecular weight is 308 g/mol. The Bertz CT molecular complexity index is 576. The quantitative estimate of drug-likeness (QED) is 0.937. The van der Waals surface area contributed by atoms with Crippen LogP contribution in [0.3, 0.4) is 0 Å². The van der Waals surface area contributed by atoms with Crippen LogP contribution in [-0.4, -0.2) is 14.3 Å². The van der Waals surface area contributed by atoms with Crippen LogP contribution in [0.5, 0.6) is 0 Å². The molecular weight excluding hydrogens is 297 g/mol. The molecule has 0 saturated heterocycles. The van der Waals surface area contributed by atoms with Crippen molar-refractivity contribution in [2.45, 2.75) is 33.0 Å². The Hall–Kier alpha value is -1.22. The number of hydrogen-bond donors (Lipinski definition) is 1. The highest BCUT2D eigenvalue weighted by molar-refractivity contribution is 7.12. The van der Waals surface area contributed by atoms with Gasteiger partial charge in [0.15, 0.2) is 0 Å². The van der Waals surface area contributed by atoms with Gasteiger partial charge in [0.1, 0.15) is 0 Å². The number of rotatable bonds is 3. The molecule has 9 heteroatoms. The van der Waals surface area contributed by atoms with Crippen LogP contribution in [0.4, 0.5) is 18.3 Å². The van der Waals surface area contributed by atoms with E-state index in [1.54, 1.807) is 0 Å². The highest BCUT2D eigenvalue weighted by Gasteiger charge is 2.36. The fourth-order valence-corrected chi connectivity index (χ4v) is 3.20. The summed E-state index contributed by atoms with van der Waals surface area (Å²) in [6, 6.07) is -0.153. The molecule has 2 rings (SSSR count). The molecule has 0 fully saturated rings. The van der Waals surface area contributed by atoms with Gasteiger partial charge >= 0.3 is 6.18 Å². The van der Waals surface area contributed by atoms with E-state index < -0.39 is 12.0 Å². The first-order valence-corrected chi connectivity index (χ1v) is 6.97. The van der Waals surface area contributed by atoms with Crippen LogP contribution in [0, 0.1) is 13.8 Å². The van der Waals surface area contributed by atoms with Gasteiger partial charge in [-0.25, -0.2) is 4.98 Å². The maximum absolute atomic E-state index is 12.4. The molecule has 1 atom stereocenters. The Balaban J connectivity index is 2.13. The summed E-state index contributed by atoms with van der Waals surface area (Å²) in [6.45, 7) is 5.62. The molecule has 19 heavy (non-hydrogen) atoms. The van der Waals surface area contributed by atoms with Crippen molar-refractivity contribution in [2.24, 2.45) is 0 Å². The first kappa shape index (κ1) is 14.2. The van der Waals surface area contributed by atoms with Gasteiger partial charge in [-0.05, 0) is 20.8 Å². The van der Waals surface area contributed by atoms with Gasteiger partial charge in [-0.2, -0.15) is 22.5 Å². The van der Waals surface area contributed by atoms with Crippen LogP contribution in [0.1, 0.15) is 34.4 Å². The number of thiazole rings is 1. The zero-order chi connectivity index (χ0) is 14.2. The summed E-state index contributed by atoms with van der Waals surface area (Å²) in [5, 5.41) is 4.00. The largest absolute Gasteiger partial charge is 0.452 e. The van der Waals surface area contributed by atoms with E-state index >= 15 is 0 Å². The van der Waals surface area contributed by atoms with Crippen molar-refractivity contribution in [1.29, 1.82) is 0 Å². The summed E-state index contributed by atoms with van der Waals surface area (Å²) in [5.74, 6) is -1.11. The van der Waals surface area contributed by atoms with Crippen LogP contribution in [0.2, 0.25) is 0 Å². The molecule has 4 nitrogen and oxygen atoms in total. The Morgan fingerprint density at radius 1 is 1.21 bits per heavy atom. The summed E-state index contributed by atoms with van der Waals surface area (Å²) in [7, 11) is 0. The third kappa shape index (κ3) is 3.21. The summed E-state index contributed by atoms with van der Waals surface area (Å²) in [4.78, 5) is 8.71. The summed E-state index contributed by atoms with van der Waals surface area (Å²) in [5.41, 5.74) is 0.878. The number of anilines is 1. The fourth-order valence-electron chi connectivity index (χ4n) is 1.60. The van der Waals surface area contributed by atoms with E-state index in [-0.39, 0.29) is 11.2 Å². The summed E-state index contributed by atoms with van der Waals surface area (Å²) >= 11 is 2.22. The Labute approximate surface area is 115 Å². The normalized spacial score (nSPS) is 13.6. The van der Waals surface area contributed by atoms with Crippen LogP contribution >= 0.6 is 22.9 Å². The third-order valence-corrected chi connectivity index (χ3v) is 4.25. The molecule has 1 unspecified atom stereocenters. The molecule has 2 aromatic rings. The Morgan fingerprint density at radius 3 is 2.37 bits per heavy atom. The average Bonchev–Trinajstić information content (AvgIpc) is 2.84. The molecule has 0 spiro atoms. The molecule has 104 valence electrons. The van der Waals surface area contributed by atoms with E-state index in [9.17, 15) is 13.2 Å². The number of aromatic nitrogens is 3. The number of halogens is 3. The molecule has 1 N–H and O–H groups in total. The zero-order valence-corrected chi connectivity index (χ0v) is 12.0. The van der Waals surface area contributed by atoms with Gasteiger partial charge in [0.25, 0.3) is 0 Å². The van der Waals surface area contributed by atoms with E-state index in [0.29, 0.717) is 11.5 Å². The molecular formula is C10H11F3N4S2. The molecule has 2 heterocycles. The molecule has 0 amide bonds. The fraction of sp³-hybridized carbons (Fsp3) is 0.500. The van der Waals surface area contributed by atoms with Gasteiger partial charge in [-0.3, -0.25) is 0 Å². The number of hydrogen-bond acceptors (Lipinski definition) is 6. The molecule has 0 aliphatic rings. The third-order valence-electron chi connectivity index (χ3n) is 2.35. The van der Waals surface area contributed by atoms with E-state index in [1.165, 1.54) is 11.3 Å².